The lowest BCUT2D eigenvalue weighted by Crippen LogP contribution is -2.25. The molecule has 0 aliphatic heterocycles. The molecular formula is C45H28BrNOS. The molecular weight excluding hydrogens is 682 g/mol. The summed E-state index contributed by atoms with van der Waals surface area (Å²) >= 11 is 8.34. The van der Waals surface area contributed by atoms with Crippen LogP contribution >= 0.6 is 28.6 Å². The lowest BCUT2D eigenvalue weighted by molar-refractivity contribution is 0.668. The van der Waals surface area contributed by atoms with E-state index in [1.165, 1.54) is 71.9 Å². The Labute approximate surface area is 297 Å². The van der Waals surface area contributed by atoms with E-state index in [2.05, 4.69) is 173 Å². The Morgan fingerprint density at radius 2 is 1.20 bits per heavy atom. The van der Waals surface area contributed by atoms with Gasteiger partial charge in [-0.2, -0.15) is 12.6 Å². The van der Waals surface area contributed by atoms with Crippen molar-refractivity contribution in [3.8, 4) is 27.9 Å². The predicted molar refractivity (Wildman–Crippen MR) is 210 cm³/mol. The molecule has 11 rings (SSSR count). The highest BCUT2D eigenvalue weighted by atomic mass is 79.9. The van der Waals surface area contributed by atoms with Crippen LogP contribution in [0.5, 0.6) is 0 Å². The van der Waals surface area contributed by atoms with Crippen LogP contribution in [-0.2, 0) is 11.8 Å². The van der Waals surface area contributed by atoms with Crippen LogP contribution in [0.1, 0.15) is 27.8 Å². The molecule has 1 spiro atoms. The molecule has 9 aromatic rings. The van der Waals surface area contributed by atoms with Crippen LogP contribution in [0.2, 0.25) is 0 Å². The lowest BCUT2D eigenvalue weighted by atomic mass is 9.70. The van der Waals surface area contributed by atoms with Gasteiger partial charge in [0.05, 0.1) is 16.4 Å². The highest BCUT2D eigenvalue weighted by Crippen LogP contribution is 2.63. The third-order valence-electron chi connectivity index (χ3n) is 11.0. The molecule has 232 valence electrons. The number of aromatic nitrogens is 1. The summed E-state index contributed by atoms with van der Waals surface area (Å²) in [4.78, 5) is 0. The summed E-state index contributed by atoms with van der Waals surface area (Å²) in [7, 11) is 0. The summed E-state index contributed by atoms with van der Waals surface area (Å²) in [6.45, 7) is 0. The van der Waals surface area contributed by atoms with Gasteiger partial charge in [0.25, 0.3) is 0 Å². The minimum Gasteiger partial charge on any atom is -0.456 e. The smallest absolute Gasteiger partial charge is 0.136 e. The van der Waals surface area contributed by atoms with E-state index in [9.17, 15) is 0 Å². The number of benzene rings is 7. The van der Waals surface area contributed by atoms with Crippen LogP contribution in [0.4, 0.5) is 0 Å². The molecule has 0 N–H and O–H groups in total. The fourth-order valence-corrected chi connectivity index (χ4v) is 10.1. The standard InChI is InChI=1S/C45H28BrNOS/c46-39-21-26(19-20-49)22-43-44(39)34-23-27(17-18-42(34)48-43)47-40-16-8-4-12-31(40)33-24-38-32(25-41(33)47)30-11-3-7-15-37(30)45(38)35-13-5-1-9-28(35)29-10-2-6-14-36(29)45/h1-18,21-25,49H,19-20H2. The number of halogens is 1. The van der Waals surface area contributed by atoms with E-state index in [0.717, 1.165) is 44.3 Å². The largest absolute Gasteiger partial charge is 0.456 e. The molecule has 0 atom stereocenters. The van der Waals surface area contributed by atoms with Gasteiger partial charge >= 0.3 is 0 Å². The average molecular weight is 711 g/mol. The lowest BCUT2D eigenvalue weighted by Gasteiger charge is -2.30. The number of nitrogens with zero attached hydrogens (tertiary/aromatic N) is 1. The van der Waals surface area contributed by atoms with Gasteiger partial charge < -0.3 is 8.98 Å². The van der Waals surface area contributed by atoms with Gasteiger partial charge in [-0.15, -0.1) is 0 Å². The number of hydrogen-bond donors (Lipinski definition) is 1. The number of para-hydroxylation sites is 1. The quantitative estimate of drug-likeness (QED) is 0.181. The van der Waals surface area contributed by atoms with Crippen molar-refractivity contribution in [3.63, 3.8) is 0 Å². The van der Waals surface area contributed by atoms with E-state index in [0.29, 0.717) is 0 Å². The van der Waals surface area contributed by atoms with Gasteiger partial charge in [-0.25, -0.2) is 0 Å². The summed E-state index contributed by atoms with van der Waals surface area (Å²) in [5, 5.41) is 4.72. The van der Waals surface area contributed by atoms with Crippen LogP contribution in [0.25, 0.3) is 71.7 Å². The highest BCUT2D eigenvalue weighted by Gasteiger charge is 2.51. The molecule has 0 bridgehead atoms. The molecule has 0 radical (unpaired) electrons. The molecule has 2 aliphatic rings. The van der Waals surface area contributed by atoms with Crippen molar-refractivity contribution in [1.82, 2.24) is 4.57 Å². The normalized spacial score (nSPS) is 13.8. The van der Waals surface area contributed by atoms with E-state index in [-0.39, 0.29) is 5.41 Å². The number of thiol groups is 1. The molecule has 0 unspecified atom stereocenters. The maximum Gasteiger partial charge on any atom is 0.136 e. The molecule has 2 aliphatic carbocycles. The Balaban J connectivity index is 1.23. The Morgan fingerprint density at radius 3 is 1.92 bits per heavy atom. The number of hydrogen-bond acceptors (Lipinski definition) is 2. The Kier molecular flexibility index (Phi) is 5.69. The summed E-state index contributed by atoms with van der Waals surface area (Å²) in [6, 6.07) is 51.9. The van der Waals surface area contributed by atoms with E-state index in [4.69, 9.17) is 4.42 Å². The van der Waals surface area contributed by atoms with Crippen molar-refractivity contribution in [3.05, 3.63) is 172 Å². The van der Waals surface area contributed by atoms with E-state index >= 15 is 0 Å². The zero-order valence-corrected chi connectivity index (χ0v) is 28.9. The van der Waals surface area contributed by atoms with Gasteiger partial charge in [0.2, 0.25) is 0 Å². The van der Waals surface area contributed by atoms with Crippen LogP contribution in [-0.4, -0.2) is 10.3 Å². The molecule has 4 heteroatoms. The van der Waals surface area contributed by atoms with E-state index < -0.39 is 0 Å². The summed E-state index contributed by atoms with van der Waals surface area (Å²) in [6.07, 6.45) is 0.896. The number of fused-ring (bicyclic) bond motifs is 16. The Morgan fingerprint density at radius 1 is 0.551 bits per heavy atom. The SMILES string of the molecule is SCCc1cc(Br)c2c(c1)oc1ccc(-n3c4ccccc4c4cc5c(cc43)-c3ccccc3C53c4ccccc4-c4ccccc43)cc12. The van der Waals surface area contributed by atoms with Crippen LogP contribution in [0.15, 0.2) is 148 Å². The Bertz CT molecular complexity index is 2830. The first-order valence-corrected chi connectivity index (χ1v) is 18.2. The van der Waals surface area contributed by atoms with Gasteiger partial charge in [0.1, 0.15) is 11.2 Å². The van der Waals surface area contributed by atoms with Gasteiger partial charge in [-0.3, -0.25) is 0 Å². The molecule has 2 heterocycles. The fourth-order valence-electron chi connectivity index (χ4n) is 9.14. The van der Waals surface area contributed by atoms with Crippen molar-refractivity contribution < 1.29 is 4.42 Å². The van der Waals surface area contributed by atoms with Crippen molar-refractivity contribution >= 4 is 72.3 Å². The number of furan rings is 1. The highest BCUT2D eigenvalue weighted by molar-refractivity contribution is 9.10. The van der Waals surface area contributed by atoms with Gasteiger partial charge in [-0.1, -0.05) is 107 Å². The minimum atomic E-state index is -0.372. The van der Waals surface area contributed by atoms with E-state index in [1.54, 1.807) is 0 Å². The van der Waals surface area contributed by atoms with Crippen molar-refractivity contribution in [2.75, 3.05) is 5.75 Å². The minimum absolute atomic E-state index is 0.372. The molecule has 7 aromatic carbocycles. The second kappa shape index (κ2) is 10.0. The number of rotatable bonds is 3. The molecule has 49 heavy (non-hydrogen) atoms. The second-order valence-electron chi connectivity index (χ2n) is 13.4. The van der Waals surface area contributed by atoms with Gasteiger partial charge in [-0.05, 0) is 111 Å². The summed E-state index contributed by atoms with van der Waals surface area (Å²) in [5.41, 5.74) is 16.9. The topological polar surface area (TPSA) is 18.1 Å². The summed E-state index contributed by atoms with van der Waals surface area (Å²) < 4.78 is 9.91. The van der Waals surface area contributed by atoms with Crippen LogP contribution in [0, 0.1) is 0 Å². The molecule has 2 nitrogen and oxygen atoms in total. The monoisotopic (exact) mass is 709 g/mol. The average Bonchev–Trinajstić information content (AvgIpc) is 3.84. The van der Waals surface area contributed by atoms with Crippen LogP contribution in [0.3, 0.4) is 0 Å². The van der Waals surface area contributed by atoms with Crippen molar-refractivity contribution in [1.29, 1.82) is 0 Å². The molecule has 0 amide bonds. The van der Waals surface area contributed by atoms with Crippen LogP contribution < -0.4 is 0 Å². The fraction of sp³-hybridized carbons (Fsp3) is 0.0667. The first kappa shape index (κ1) is 27.9. The third kappa shape index (κ3) is 3.53. The zero-order valence-electron chi connectivity index (χ0n) is 26.4. The van der Waals surface area contributed by atoms with E-state index in [1.807, 2.05) is 0 Å². The zero-order chi connectivity index (χ0) is 32.4. The molecule has 0 saturated heterocycles. The third-order valence-corrected chi connectivity index (χ3v) is 11.9. The van der Waals surface area contributed by atoms with Crippen molar-refractivity contribution in [2.45, 2.75) is 11.8 Å². The van der Waals surface area contributed by atoms with Gasteiger partial charge in [0, 0.05) is 31.7 Å². The predicted octanol–water partition coefficient (Wildman–Crippen LogP) is 12.3. The maximum absolute atomic E-state index is 6.41. The van der Waals surface area contributed by atoms with Crippen molar-refractivity contribution in [2.24, 2.45) is 0 Å². The number of aryl methyl sites for hydroxylation is 1. The molecule has 0 saturated carbocycles. The molecule has 0 fully saturated rings. The second-order valence-corrected chi connectivity index (χ2v) is 14.7. The first-order chi connectivity index (χ1) is 24.2. The molecule has 2 aromatic heterocycles. The van der Waals surface area contributed by atoms with Gasteiger partial charge in [0.15, 0.2) is 0 Å². The maximum atomic E-state index is 6.41. The Hall–Kier alpha value is -5.03. The summed E-state index contributed by atoms with van der Waals surface area (Å²) in [5.74, 6) is 0.796. The first-order valence-electron chi connectivity index (χ1n) is 16.8.